The van der Waals surface area contributed by atoms with E-state index in [9.17, 15) is 9.90 Å². The van der Waals surface area contributed by atoms with E-state index >= 15 is 0 Å². The monoisotopic (exact) mass is 264 g/mol. The number of aliphatic hydroxyl groups is 1. The Hall–Kier alpha value is -1.55. The summed E-state index contributed by atoms with van der Waals surface area (Å²) in [6.45, 7) is 8.04. The van der Waals surface area contributed by atoms with Gasteiger partial charge in [-0.05, 0) is 45.4 Å². The van der Waals surface area contributed by atoms with Gasteiger partial charge in [-0.15, -0.1) is 0 Å². The smallest absolute Gasteiger partial charge is 0.224 e. The van der Waals surface area contributed by atoms with Crippen LogP contribution < -0.4 is 10.6 Å². The molecule has 0 aliphatic rings. The molecule has 4 nitrogen and oxygen atoms in total. The van der Waals surface area contributed by atoms with Crippen LogP contribution in [0.3, 0.4) is 0 Å². The van der Waals surface area contributed by atoms with Gasteiger partial charge in [-0.2, -0.15) is 0 Å². The van der Waals surface area contributed by atoms with Crippen molar-refractivity contribution in [3.8, 4) is 0 Å². The summed E-state index contributed by atoms with van der Waals surface area (Å²) in [5, 5.41) is 15.9. The molecule has 0 spiro atoms. The summed E-state index contributed by atoms with van der Waals surface area (Å²) in [5.74, 6) is 0.0352. The third kappa shape index (κ3) is 5.30. The second kappa shape index (κ2) is 6.57. The Bertz CT molecular complexity index is 407. The molecule has 1 rings (SSSR count). The normalized spacial score (nSPS) is 12.9. The second-order valence-electron chi connectivity index (χ2n) is 5.35. The summed E-state index contributed by atoms with van der Waals surface area (Å²) in [6.07, 6.45) is 0.398. The maximum atomic E-state index is 11.4. The van der Waals surface area contributed by atoms with Crippen LogP contribution in [0.1, 0.15) is 33.3 Å². The number of amides is 1. The van der Waals surface area contributed by atoms with Crippen molar-refractivity contribution in [2.75, 3.05) is 11.9 Å². The molecule has 0 radical (unpaired) electrons. The van der Waals surface area contributed by atoms with E-state index in [0.717, 1.165) is 11.3 Å². The SMILES string of the molecule is CCNC(=O)Cc1ccc(NC(C)C(C)(C)O)cc1. The van der Waals surface area contributed by atoms with Crippen molar-refractivity contribution >= 4 is 11.6 Å². The summed E-state index contributed by atoms with van der Waals surface area (Å²) >= 11 is 0. The highest BCUT2D eigenvalue weighted by atomic mass is 16.3. The number of anilines is 1. The number of carbonyl (C=O) groups is 1. The lowest BCUT2D eigenvalue weighted by atomic mass is 10.0. The van der Waals surface area contributed by atoms with Gasteiger partial charge in [0.1, 0.15) is 0 Å². The van der Waals surface area contributed by atoms with Gasteiger partial charge in [0, 0.05) is 12.2 Å². The topological polar surface area (TPSA) is 61.4 Å². The van der Waals surface area contributed by atoms with Crippen molar-refractivity contribution in [2.24, 2.45) is 0 Å². The lowest BCUT2D eigenvalue weighted by Crippen LogP contribution is -2.39. The van der Waals surface area contributed by atoms with Gasteiger partial charge in [0.05, 0.1) is 18.1 Å². The largest absolute Gasteiger partial charge is 0.388 e. The first-order chi connectivity index (χ1) is 8.82. The molecule has 19 heavy (non-hydrogen) atoms. The molecular weight excluding hydrogens is 240 g/mol. The quantitative estimate of drug-likeness (QED) is 0.736. The zero-order valence-electron chi connectivity index (χ0n) is 12.2. The van der Waals surface area contributed by atoms with Crippen molar-refractivity contribution in [1.82, 2.24) is 5.32 Å². The van der Waals surface area contributed by atoms with Crippen LogP contribution in [0, 0.1) is 0 Å². The van der Waals surface area contributed by atoms with E-state index in [1.165, 1.54) is 0 Å². The minimum absolute atomic E-state index is 0.0352. The van der Waals surface area contributed by atoms with E-state index in [2.05, 4.69) is 10.6 Å². The van der Waals surface area contributed by atoms with Crippen molar-refractivity contribution in [1.29, 1.82) is 0 Å². The minimum atomic E-state index is -0.778. The van der Waals surface area contributed by atoms with Gasteiger partial charge in [0.2, 0.25) is 5.91 Å². The number of rotatable bonds is 6. The molecule has 1 aromatic rings. The summed E-state index contributed by atoms with van der Waals surface area (Å²) < 4.78 is 0. The molecule has 3 N–H and O–H groups in total. The summed E-state index contributed by atoms with van der Waals surface area (Å²) in [6, 6.07) is 7.65. The first kappa shape index (κ1) is 15.5. The van der Waals surface area contributed by atoms with Gasteiger partial charge in [0.15, 0.2) is 0 Å². The Labute approximate surface area is 115 Å². The average molecular weight is 264 g/mol. The highest BCUT2D eigenvalue weighted by Gasteiger charge is 2.21. The fraction of sp³-hybridized carbons (Fsp3) is 0.533. The van der Waals surface area contributed by atoms with E-state index < -0.39 is 5.60 Å². The van der Waals surface area contributed by atoms with E-state index in [-0.39, 0.29) is 11.9 Å². The molecule has 1 aromatic carbocycles. The molecule has 1 amide bonds. The Morgan fingerprint density at radius 3 is 2.37 bits per heavy atom. The van der Waals surface area contributed by atoms with Crippen LogP contribution in [0.25, 0.3) is 0 Å². The molecule has 0 heterocycles. The Kier molecular flexibility index (Phi) is 5.36. The molecule has 1 atom stereocenters. The molecule has 0 saturated heterocycles. The number of likely N-dealkylation sites (N-methyl/N-ethyl adjacent to an activating group) is 1. The standard InChI is InChI=1S/C15H24N2O2/c1-5-16-14(18)10-12-6-8-13(9-7-12)17-11(2)15(3,4)19/h6-9,11,17,19H,5,10H2,1-4H3,(H,16,18). The van der Waals surface area contributed by atoms with Gasteiger partial charge in [-0.1, -0.05) is 12.1 Å². The Morgan fingerprint density at radius 1 is 1.32 bits per heavy atom. The highest BCUT2D eigenvalue weighted by Crippen LogP contribution is 2.16. The number of hydrogen-bond acceptors (Lipinski definition) is 3. The summed E-state index contributed by atoms with van der Waals surface area (Å²) in [7, 11) is 0. The average Bonchev–Trinajstić information content (AvgIpc) is 2.30. The van der Waals surface area contributed by atoms with Crippen LogP contribution in [0.2, 0.25) is 0 Å². The van der Waals surface area contributed by atoms with Crippen molar-refractivity contribution in [2.45, 2.75) is 45.8 Å². The summed E-state index contributed by atoms with van der Waals surface area (Å²) in [4.78, 5) is 11.4. The van der Waals surface area contributed by atoms with Crippen LogP contribution in [0.5, 0.6) is 0 Å². The Morgan fingerprint density at radius 2 is 1.89 bits per heavy atom. The van der Waals surface area contributed by atoms with E-state index in [4.69, 9.17) is 0 Å². The number of benzene rings is 1. The van der Waals surface area contributed by atoms with E-state index in [0.29, 0.717) is 13.0 Å². The van der Waals surface area contributed by atoms with Gasteiger partial charge in [-0.25, -0.2) is 0 Å². The predicted molar refractivity (Wildman–Crippen MR) is 78.2 cm³/mol. The van der Waals surface area contributed by atoms with Crippen LogP contribution in [-0.4, -0.2) is 29.2 Å². The minimum Gasteiger partial charge on any atom is -0.388 e. The first-order valence-electron chi connectivity index (χ1n) is 6.67. The van der Waals surface area contributed by atoms with Gasteiger partial charge < -0.3 is 15.7 Å². The lowest BCUT2D eigenvalue weighted by Gasteiger charge is -2.27. The number of nitrogens with one attached hydrogen (secondary N) is 2. The number of hydrogen-bond donors (Lipinski definition) is 3. The maximum Gasteiger partial charge on any atom is 0.224 e. The maximum absolute atomic E-state index is 11.4. The first-order valence-corrected chi connectivity index (χ1v) is 6.67. The molecular formula is C15H24N2O2. The molecule has 0 fully saturated rings. The molecule has 106 valence electrons. The highest BCUT2D eigenvalue weighted by molar-refractivity contribution is 5.78. The Balaban J connectivity index is 2.59. The van der Waals surface area contributed by atoms with Gasteiger partial charge >= 0.3 is 0 Å². The second-order valence-corrected chi connectivity index (χ2v) is 5.35. The molecule has 0 bridgehead atoms. The molecule has 1 unspecified atom stereocenters. The zero-order chi connectivity index (χ0) is 14.5. The van der Waals surface area contributed by atoms with Crippen molar-refractivity contribution in [3.05, 3.63) is 29.8 Å². The van der Waals surface area contributed by atoms with Gasteiger partial charge in [-0.3, -0.25) is 4.79 Å². The van der Waals surface area contributed by atoms with Gasteiger partial charge in [0.25, 0.3) is 0 Å². The molecule has 0 saturated carbocycles. The van der Waals surface area contributed by atoms with Crippen LogP contribution in [0.4, 0.5) is 5.69 Å². The zero-order valence-corrected chi connectivity index (χ0v) is 12.2. The van der Waals surface area contributed by atoms with E-state index in [1.54, 1.807) is 13.8 Å². The summed E-state index contributed by atoms with van der Waals surface area (Å²) in [5.41, 5.74) is 1.14. The van der Waals surface area contributed by atoms with E-state index in [1.807, 2.05) is 38.1 Å². The number of carbonyl (C=O) groups excluding carboxylic acids is 1. The lowest BCUT2D eigenvalue weighted by molar-refractivity contribution is -0.120. The third-order valence-electron chi connectivity index (χ3n) is 3.14. The fourth-order valence-corrected chi connectivity index (χ4v) is 1.59. The van der Waals surface area contributed by atoms with Crippen molar-refractivity contribution < 1.29 is 9.90 Å². The van der Waals surface area contributed by atoms with Crippen LogP contribution in [0.15, 0.2) is 24.3 Å². The van der Waals surface area contributed by atoms with Crippen LogP contribution in [-0.2, 0) is 11.2 Å². The molecule has 4 heteroatoms. The molecule has 0 aromatic heterocycles. The fourth-order valence-electron chi connectivity index (χ4n) is 1.59. The van der Waals surface area contributed by atoms with Crippen LogP contribution >= 0.6 is 0 Å². The molecule has 0 aliphatic carbocycles. The predicted octanol–water partition coefficient (Wildman–Crippen LogP) is 1.94. The third-order valence-corrected chi connectivity index (χ3v) is 3.14. The van der Waals surface area contributed by atoms with Crippen molar-refractivity contribution in [3.63, 3.8) is 0 Å². The molecule has 0 aliphatic heterocycles.